The third-order valence-electron chi connectivity index (χ3n) is 6.75. The summed E-state index contributed by atoms with van der Waals surface area (Å²) in [6.07, 6.45) is 4.86. The Bertz CT molecular complexity index is 1500. The molecule has 0 atom stereocenters. The van der Waals surface area contributed by atoms with E-state index < -0.39 is 0 Å². The Hall–Kier alpha value is -2.82. The van der Waals surface area contributed by atoms with Gasteiger partial charge in [0.2, 0.25) is 0 Å². The van der Waals surface area contributed by atoms with E-state index in [9.17, 15) is 10.2 Å². The molecule has 0 amide bonds. The second-order valence-corrected chi connectivity index (χ2v) is 12.5. The first-order chi connectivity index (χ1) is 16.8. The molecule has 2 aromatic heterocycles. The summed E-state index contributed by atoms with van der Waals surface area (Å²) in [5.74, 6) is 0.512. The van der Waals surface area contributed by atoms with Gasteiger partial charge in [-0.05, 0) is 64.8 Å². The number of unbranched alkanes of at least 4 members (excludes halogenated alkanes) is 2. The first-order valence-corrected chi connectivity index (χ1v) is 14.0. The molecule has 2 nitrogen and oxygen atoms in total. The Labute approximate surface area is 215 Å². The minimum Gasteiger partial charge on any atom is -0.506 e. The Kier molecular flexibility index (Phi) is 6.37. The number of aromatic hydroxyl groups is 2. The number of rotatable bonds is 6. The molecule has 4 heteroatoms. The number of aryl methyl sites for hydroxylation is 1. The summed E-state index contributed by atoms with van der Waals surface area (Å²) < 4.78 is 2.05. The van der Waals surface area contributed by atoms with Crippen LogP contribution < -0.4 is 0 Å². The van der Waals surface area contributed by atoms with Crippen LogP contribution in [-0.2, 0) is 11.8 Å². The largest absolute Gasteiger partial charge is 0.506 e. The fourth-order valence-corrected chi connectivity index (χ4v) is 6.85. The van der Waals surface area contributed by atoms with Gasteiger partial charge in [0.15, 0.2) is 0 Å². The van der Waals surface area contributed by atoms with Crippen molar-refractivity contribution in [2.24, 2.45) is 0 Å². The highest BCUT2D eigenvalue weighted by molar-refractivity contribution is 7.29. The van der Waals surface area contributed by atoms with Crippen molar-refractivity contribution in [2.45, 2.75) is 58.8 Å². The van der Waals surface area contributed by atoms with Crippen LogP contribution in [0.4, 0.5) is 0 Å². The van der Waals surface area contributed by atoms with Gasteiger partial charge >= 0.3 is 0 Å². The standard InChI is InChI=1S/C31H32O2S2/c1-5-6-7-8-19-9-11-20(12-10-19)21-13-15-25-23(17-21)27(32)29(34-25)30-28(33)24-18-22(31(2,3)4)14-16-26(24)35-30/h9-18,32-33H,5-8H2,1-4H3. The van der Waals surface area contributed by atoms with Crippen LogP contribution in [0.15, 0.2) is 60.7 Å². The number of hydrogen-bond acceptors (Lipinski definition) is 4. The molecule has 0 aliphatic carbocycles. The second kappa shape index (κ2) is 9.33. The maximum absolute atomic E-state index is 11.2. The second-order valence-electron chi connectivity index (χ2n) is 10.4. The van der Waals surface area contributed by atoms with Crippen molar-refractivity contribution in [2.75, 3.05) is 0 Å². The molecule has 5 rings (SSSR count). The lowest BCUT2D eigenvalue weighted by atomic mass is 9.86. The monoisotopic (exact) mass is 500 g/mol. The van der Waals surface area contributed by atoms with Gasteiger partial charge in [-0.15, -0.1) is 22.7 Å². The van der Waals surface area contributed by atoms with E-state index in [1.54, 1.807) is 0 Å². The zero-order valence-electron chi connectivity index (χ0n) is 20.8. The molecule has 2 heterocycles. The summed E-state index contributed by atoms with van der Waals surface area (Å²) >= 11 is 3.07. The van der Waals surface area contributed by atoms with Crippen molar-refractivity contribution in [3.63, 3.8) is 0 Å². The van der Waals surface area contributed by atoms with Crippen LogP contribution in [0.3, 0.4) is 0 Å². The number of benzene rings is 3. The van der Waals surface area contributed by atoms with Gasteiger partial charge in [0, 0.05) is 20.2 Å². The summed E-state index contributed by atoms with van der Waals surface area (Å²) in [5.41, 5.74) is 4.81. The van der Waals surface area contributed by atoms with Crippen LogP contribution >= 0.6 is 22.7 Å². The van der Waals surface area contributed by atoms with E-state index in [2.05, 4.69) is 88.4 Å². The van der Waals surface area contributed by atoms with Gasteiger partial charge in [0.25, 0.3) is 0 Å². The molecule has 0 aliphatic heterocycles. The van der Waals surface area contributed by atoms with E-state index >= 15 is 0 Å². The van der Waals surface area contributed by atoms with Gasteiger partial charge in [-0.2, -0.15) is 0 Å². The van der Waals surface area contributed by atoms with Crippen molar-refractivity contribution in [3.8, 4) is 32.4 Å². The smallest absolute Gasteiger partial charge is 0.143 e. The molecule has 0 spiro atoms. The number of hydrogen-bond donors (Lipinski definition) is 2. The van der Waals surface area contributed by atoms with Crippen molar-refractivity contribution < 1.29 is 10.2 Å². The third-order valence-corrected chi connectivity index (χ3v) is 9.24. The molecule has 0 saturated heterocycles. The van der Waals surface area contributed by atoms with Crippen molar-refractivity contribution in [1.82, 2.24) is 0 Å². The van der Waals surface area contributed by atoms with Crippen molar-refractivity contribution >= 4 is 42.8 Å². The highest BCUT2D eigenvalue weighted by Crippen LogP contribution is 2.52. The lowest BCUT2D eigenvalue weighted by molar-refractivity contribution is 0.478. The molecule has 0 bridgehead atoms. The van der Waals surface area contributed by atoms with Crippen LogP contribution in [0.5, 0.6) is 11.5 Å². The summed E-state index contributed by atoms with van der Waals surface area (Å²) in [4.78, 5) is 1.47. The molecule has 35 heavy (non-hydrogen) atoms. The molecule has 0 saturated carbocycles. The van der Waals surface area contributed by atoms with Crippen LogP contribution in [-0.4, -0.2) is 10.2 Å². The van der Waals surface area contributed by atoms with Gasteiger partial charge in [-0.25, -0.2) is 0 Å². The average Bonchev–Trinajstić information content (AvgIpc) is 3.35. The summed E-state index contributed by atoms with van der Waals surface area (Å²) in [7, 11) is 0. The van der Waals surface area contributed by atoms with Gasteiger partial charge in [0.1, 0.15) is 11.5 Å². The van der Waals surface area contributed by atoms with Gasteiger partial charge in [-0.3, -0.25) is 0 Å². The molecule has 0 aliphatic rings. The average molecular weight is 501 g/mol. The van der Waals surface area contributed by atoms with Crippen LogP contribution in [0.2, 0.25) is 0 Å². The van der Waals surface area contributed by atoms with Crippen LogP contribution in [0.1, 0.15) is 58.1 Å². The summed E-state index contributed by atoms with van der Waals surface area (Å²) in [5, 5.41) is 24.0. The topological polar surface area (TPSA) is 40.5 Å². The fourth-order valence-electron chi connectivity index (χ4n) is 4.57. The first-order valence-electron chi connectivity index (χ1n) is 12.4. The van der Waals surface area contributed by atoms with Gasteiger partial charge in [-0.1, -0.05) is 76.9 Å². The molecule has 3 aromatic carbocycles. The van der Waals surface area contributed by atoms with Crippen LogP contribution in [0.25, 0.3) is 41.1 Å². The van der Waals surface area contributed by atoms with Gasteiger partial charge < -0.3 is 10.2 Å². The van der Waals surface area contributed by atoms with E-state index in [1.165, 1.54) is 53.1 Å². The summed E-state index contributed by atoms with van der Waals surface area (Å²) in [6.45, 7) is 8.76. The summed E-state index contributed by atoms with van der Waals surface area (Å²) in [6, 6.07) is 21.4. The first kappa shape index (κ1) is 23.9. The normalized spacial score (nSPS) is 12.1. The maximum atomic E-state index is 11.2. The zero-order valence-corrected chi connectivity index (χ0v) is 22.4. The minimum absolute atomic E-state index is 0.00654. The molecular formula is C31H32O2S2. The molecule has 5 aromatic rings. The molecule has 0 unspecified atom stereocenters. The Morgan fingerprint density at radius 1 is 0.686 bits per heavy atom. The highest BCUT2D eigenvalue weighted by Gasteiger charge is 2.22. The molecule has 0 fully saturated rings. The van der Waals surface area contributed by atoms with E-state index in [4.69, 9.17) is 0 Å². The van der Waals surface area contributed by atoms with E-state index in [0.29, 0.717) is 0 Å². The number of fused-ring (bicyclic) bond motifs is 2. The molecule has 0 radical (unpaired) electrons. The SMILES string of the molecule is CCCCCc1ccc(-c2ccc3sc(-c4sc5ccc(C(C)(C)C)cc5c4O)c(O)c3c2)cc1. The van der Waals surface area contributed by atoms with E-state index in [0.717, 1.165) is 47.5 Å². The lowest BCUT2D eigenvalue weighted by Crippen LogP contribution is -2.10. The third kappa shape index (κ3) is 4.57. The highest BCUT2D eigenvalue weighted by atomic mass is 32.1. The maximum Gasteiger partial charge on any atom is 0.143 e. The molecule has 2 N–H and O–H groups in total. The van der Waals surface area contributed by atoms with E-state index in [-0.39, 0.29) is 16.9 Å². The van der Waals surface area contributed by atoms with Crippen LogP contribution in [0, 0.1) is 0 Å². The van der Waals surface area contributed by atoms with Crippen molar-refractivity contribution in [3.05, 3.63) is 71.8 Å². The Morgan fingerprint density at radius 3 is 1.86 bits per heavy atom. The predicted octanol–water partition coefficient (Wildman–Crippen LogP) is 9.89. The minimum atomic E-state index is 0.00654. The predicted molar refractivity (Wildman–Crippen MR) is 153 cm³/mol. The lowest BCUT2D eigenvalue weighted by Gasteiger charge is -2.18. The Morgan fingerprint density at radius 2 is 1.26 bits per heavy atom. The zero-order chi connectivity index (χ0) is 24.7. The molecule has 180 valence electrons. The van der Waals surface area contributed by atoms with Crippen molar-refractivity contribution in [1.29, 1.82) is 0 Å². The fraction of sp³-hybridized carbons (Fsp3) is 0.290. The van der Waals surface area contributed by atoms with Gasteiger partial charge in [0.05, 0.1) is 9.75 Å². The number of thiophene rings is 2. The molecular weight excluding hydrogens is 468 g/mol. The Balaban J connectivity index is 1.51. The quantitative estimate of drug-likeness (QED) is 0.228. The van der Waals surface area contributed by atoms with E-state index in [1.807, 2.05) is 0 Å².